The average molecular weight is 446 g/mol. The number of carbonyl (C=O) groups is 2. The molecule has 168 valence electrons. The molecule has 8 nitrogen and oxygen atoms in total. The van der Waals surface area contributed by atoms with E-state index in [2.05, 4.69) is 10.6 Å². The predicted octanol–water partition coefficient (Wildman–Crippen LogP) is 3.30. The van der Waals surface area contributed by atoms with Crippen LogP contribution in [0.15, 0.2) is 60.7 Å². The van der Waals surface area contributed by atoms with Crippen LogP contribution in [-0.4, -0.2) is 31.8 Å². The molecule has 0 saturated heterocycles. The lowest BCUT2D eigenvalue weighted by atomic mass is 10.1. The number of carbonyl (C=O) groups excluding carboxylic acids is 2. The first-order valence-electron chi connectivity index (χ1n) is 10.6. The second kappa shape index (κ2) is 9.12. The highest BCUT2D eigenvalue weighted by Gasteiger charge is 2.17. The van der Waals surface area contributed by atoms with Gasteiger partial charge in [-0.3, -0.25) is 9.59 Å². The number of anilines is 1. The van der Waals surface area contributed by atoms with Gasteiger partial charge in [-0.05, 0) is 47.5 Å². The Kier molecular flexibility index (Phi) is 5.72. The Morgan fingerprint density at radius 1 is 0.758 bits per heavy atom. The van der Waals surface area contributed by atoms with Crippen LogP contribution in [0.1, 0.15) is 21.5 Å². The molecule has 0 spiro atoms. The SMILES string of the molecule is O=C(Cc1ccc2c(c1)OCCO2)Nc1ccccc1C(=O)NCc1ccc2c(c1)OCO2. The number of amides is 2. The topological polar surface area (TPSA) is 95.1 Å². The molecule has 2 aliphatic rings. The lowest BCUT2D eigenvalue weighted by Gasteiger charge is -2.18. The number of hydrogen-bond acceptors (Lipinski definition) is 6. The molecule has 0 aliphatic carbocycles. The lowest BCUT2D eigenvalue weighted by molar-refractivity contribution is -0.115. The largest absolute Gasteiger partial charge is 0.486 e. The van der Waals surface area contributed by atoms with Gasteiger partial charge >= 0.3 is 0 Å². The Morgan fingerprint density at radius 2 is 1.42 bits per heavy atom. The van der Waals surface area contributed by atoms with E-state index in [1.165, 1.54) is 0 Å². The van der Waals surface area contributed by atoms with Crippen molar-refractivity contribution >= 4 is 17.5 Å². The van der Waals surface area contributed by atoms with Crippen molar-refractivity contribution in [3.63, 3.8) is 0 Å². The molecule has 2 heterocycles. The van der Waals surface area contributed by atoms with Crippen LogP contribution in [-0.2, 0) is 17.8 Å². The van der Waals surface area contributed by atoms with Crippen LogP contribution in [0.5, 0.6) is 23.0 Å². The summed E-state index contributed by atoms with van der Waals surface area (Å²) < 4.78 is 21.8. The minimum absolute atomic E-state index is 0.143. The number of para-hydroxylation sites is 1. The second-order valence-corrected chi connectivity index (χ2v) is 7.62. The van der Waals surface area contributed by atoms with Gasteiger partial charge in [0.1, 0.15) is 13.2 Å². The van der Waals surface area contributed by atoms with Crippen LogP contribution in [0.4, 0.5) is 5.69 Å². The summed E-state index contributed by atoms with van der Waals surface area (Å²) in [6.07, 6.45) is 0.143. The van der Waals surface area contributed by atoms with Crippen molar-refractivity contribution in [3.8, 4) is 23.0 Å². The van der Waals surface area contributed by atoms with Crippen molar-refractivity contribution in [2.24, 2.45) is 0 Å². The fourth-order valence-corrected chi connectivity index (χ4v) is 3.70. The molecular weight excluding hydrogens is 424 g/mol. The van der Waals surface area contributed by atoms with E-state index < -0.39 is 0 Å². The Hall–Kier alpha value is -4.20. The number of benzene rings is 3. The summed E-state index contributed by atoms with van der Waals surface area (Å²) in [5.74, 6) is 2.14. The molecule has 3 aromatic carbocycles. The third kappa shape index (κ3) is 4.69. The molecule has 8 heteroatoms. The van der Waals surface area contributed by atoms with E-state index >= 15 is 0 Å². The van der Waals surface area contributed by atoms with Crippen LogP contribution in [0, 0.1) is 0 Å². The summed E-state index contributed by atoms with van der Waals surface area (Å²) in [5, 5.41) is 5.73. The summed E-state index contributed by atoms with van der Waals surface area (Å²) >= 11 is 0. The van der Waals surface area contributed by atoms with Gasteiger partial charge in [0.2, 0.25) is 12.7 Å². The highest BCUT2D eigenvalue weighted by atomic mass is 16.7. The molecule has 33 heavy (non-hydrogen) atoms. The van der Waals surface area contributed by atoms with Crippen LogP contribution in [0.25, 0.3) is 0 Å². The summed E-state index contributed by atoms with van der Waals surface area (Å²) in [7, 11) is 0. The molecular formula is C25H22N2O6. The maximum absolute atomic E-state index is 12.8. The van der Waals surface area contributed by atoms with Crippen molar-refractivity contribution in [1.82, 2.24) is 5.32 Å². The van der Waals surface area contributed by atoms with Crippen molar-refractivity contribution in [2.45, 2.75) is 13.0 Å². The van der Waals surface area contributed by atoms with E-state index in [4.69, 9.17) is 18.9 Å². The Bertz CT molecular complexity index is 1210. The molecule has 5 rings (SSSR count). The number of nitrogens with one attached hydrogen (secondary N) is 2. The van der Waals surface area contributed by atoms with Crippen LogP contribution in [0.2, 0.25) is 0 Å². The average Bonchev–Trinajstić information content (AvgIpc) is 3.31. The second-order valence-electron chi connectivity index (χ2n) is 7.62. The summed E-state index contributed by atoms with van der Waals surface area (Å²) in [5.41, 5.74) is 2.51. The number of hydrogen-bond donors (Lipinski definition) is 2. The molecule has 2 amide bonds. The minimum atomic E-state index is -0.289. The highest BCUT2D eigenvalue weighted by Crippen LogP contribution is 2.33. The van der Waals surface area contributed by atoms with Crippen molar-refractivity contribution in [1.29, 1.82) is 0 Å². The first-order chi connectivity index (χ1) is 16.2. The Morgan fingerprint density at radius 3 is 2.30 bits per heavy atom. The molecule has 3 aromatic rings. The third-order valence-corrected chi connectivity index (χ3v) is 5.31. The maximum Gasteiger partial charge on any atom is 0.253 e. The first-order valence-corrected chi connectivity index (χ1v) is 10.6. The van der Waals surface area contributed by atoms with E-state index in [0.717, 1.165) is 11.1 Å². The van der Waals surface area contributed by atoms with Crippen LogP contribution >= 0.6 is 0 Å². The molecule has 0 aromatic heterocycles. The van der Waals surface area contributed by atoms with Gasteiger partial charge < -0.3 is 29.6 Å². The van der Waals surface area contributed by atoms with Gasteiger partial charge in [-0.1, -0.05) is 24.3 Å². The lowest BCUT2D eigenvalue weighted by Crippen LogP contribution is -2.25. The van der Waals surface area contributed by atoms with E-state index in [0.29, 0.717) is 54.0 Å². The maximum atomic E-state index is 12.8. The third-order valence-electron chi connectivity index (χ3n) is 5.31. The van der Waals surface area contributed by atoms with Crippen molar-refractivity contribution in [3.05, 3.63) is 77.4 Å². The fraction of sp³-hybridized carbons (Fsp3) is 0.200. The van der Waals surface area contributed by atoms with E-state index in [-0.39, 0.29) is 25.0 Å². The zero-order valence-electron chi connectivity index (χ0n) is 17.8. The monoisotopic (exact) mass is 446 g/mol. The number of ether oxygens (including phenoxy) is 4. The van der Waals surface area contributed by atoms with Crippen LogP contribution < -0.4 is 29.6 Å². The first kappa shape index (κ1) is 20.7. The van der Waals surface area contributed by atoms with Gasteiger partial charge in [-0.2, -0.15) is 0 Å². The van der Waals surface area contributed by atoms with Gasteiger partial charge in [0, 0.05) is 6.54 Å². The predicted molar refractivity (Wildman–Crippen MR) is 120 cm³/mol. The molecule has 2 N–H and O–H groups in total. The van der Waals surface area contributed by atoms with Crippen molar-refractivity contribution in [2.75, 3.05) is 25.3 Å². The Labute approximate surface area is 190 Å². The fourth-order valence-electron chi connectivity index (χ4n) is 3.70. The summed E-state index contributed by atoms with van der Waals surface area (Å²) in [6.45, 7) is 1.51. The molecule has 2 aliphatic heterocycles. The van der Waals surface area contributed by atoms with E-state index in [1.54, 1.807) is 36.4 Å². The van der Waals surface area contributed by atoms with Gasteiger partial charge in [0.25, 0.3) is 5.91 Å². The highest BCUT2D eigenvalue weighted by molar-refractivity contribution is 6.04. The quantitative estimate of drug-likeness (QED) is 0.603. The minimum Gasteiger partial charge on any atom is -0.486 e. The molecule has 0 saturated carbocycles. The molecule has 0 unspecified atom stereocenters. The zero-order valence-corrected chi connectivity index (χ0v) is 17.8. The number of fused-ring (bicyclic) bond motifs is 2. The van der Waals surface area contributed by atoms with Gasteiger partial charge in [-0.25, -0.2) is 0 Å². The van der Waals surface area contributed by atoms with Gasteiger partial charge in [0.15, 0.2) is 23.0 Å². The standard InChI is InChI=1S/C25H22N2O6/c28-24(13-16-5-7-20-22(11-16)31-10-9-30-20)27-19-4-2-1-3-18(19)25(29)26-14-17-6-8-21-23(12-17)33-15-32-21/h1-8,11-12H,9-10,13-15H2,(H,26,29)(H,27,28). The van der Waals surface area contributed by atoms with E-state index in [1.807, 2.05) is 24.3 Å². The molecule has 0 fully saturated rings. The van der Waals surface area contributed by atoms with Gasteiger partial charge in [0.05, 0.1) is 17.7 Å². The molecule has 0 atom stereocenters. The van der Waals surface area contributed by atoms with Gasteiger partial charge in [-0.15, -0.1) is 0 Å². The van der Waals surface area contributed by atoms with Crippen molar-refractivity contribution < 1.29 is 28.5 Å². The Balaban J connectivity index is 1.22. The summed E-state index contributed by atoms with van der Waals surface area (Å²) in [6, 6.07) is 17.9. The molecule has 0 bridgehead atoms. The normalized spacial score (nSPS) is 13.3. The smallest absolute Gasteiger partial charge is 0.253 e. The van der Waals surface area contributed by atoms with Crippen LogP contribution in [0.3, 0.4) is 0 Å². The summed E-state index contributed by atoms with van der Waals surface area (Å²) in [4.78, 5) is 25.5. The zero-order chi connectivity index (χ0) is 22.6. The number of rotatable bonds is 6. The molecule has 0 radical (unpaired) electrons. The van der Waals surface area contributed by atoms with E-state index in [9.17, 15) is 9.59 Å².